The lowest BCUT2D eigenvalue weighted by Gasteiger charge is -2.17. The molecule has 0 aliphatic carbocycles. The van der Waals surface area contributed by atoms with Crippen LogP contribution in [-0.2, 0) is 19.4 Å². The molecule has 0 amide bonds. The molecule has 0 saturated heterocycles. The molecule has 162 valence electrons. The minimum Gasteiger partial charge on any atom is -0.357 e. The monoisotopic (exact) mass is 436 g/mol. The van der Waals surface area contributed by atoms with Crippen molar-refractivity contribution in [2.24, 2.45) is 10.9 Å². The van der Waals surface area contributed by atoms with E-state index in [1.807, 2.05) is 11.3 Å². The van der Waals surface area contributed by atoms with Crippen molar-refractivity contribution < 1.29 is 0 Å². The van der Waals surface area contributed by atoms with Gasteiger partial charge in [0.2, 0.25) is 0 Å². The molecule has 0 aromatic carbocycles. The predicted octanol–water partition coefficient (Wildman–Crippen LogP) is 4.14. The van der Waals surface area contributed by atoms with Crippen LogP contribution >= 0.6 is 23.1 Å². The molecular formula is C21H36N6S2. The Bertz CT molecular complexity index is 765. The summed E-state index contributed by atoms with van der Waals surface area (Å²) in [5.41, 5.74) is 0. The van der Waals surface area contributed by atoms with Crippen LogP contribution in [0.3, 0.4) is 0 Å². The number of nitrogens with zero attached hydrogens (tertiary/aromatic N) is 4. The van der Waals surface area contributed by atoms with E-state index in [1.165, 1.54) is 9.75 Å². The summed E-state index contributed by atoms with van der Waals surface area (Å²) < 4.78 is 2.26. The topological polar surface area (TPSA) is 67.1 Å². The van der Waals surface area contributed by atoms with E-state index in [-0.39, 0.29) is 0 Å². The summed E-state index contributed by atoms with van der Waals surface area (Å²) in [5, 5.41) is 16.6. The maximum absolute atomic E-state index is 4.77. The molecule has 0 bridgehead atoms. The third kappa shape index (κ3) is 8.01. The lowest BCUT2D eigenvalue weighted by Crippen LogP contribution is -2.43. The van der Waals surface area contributed by atoms with Gasteiger partial charge in [-0.25, -0.2) is 0 Å². The first-order chi connectivity index (χ1) is 13.9. The summed E-state index contributed by atoms with van der Waals surface area (Å²) >= 11 is 3.53. The number of thiophene rings is 1. The number of thioether (sulfide) groups is 1. The van der Waals surface area contributed by atoms with Crippen LogP contribution < -0.4 is 10.6 Å². The largest absolute Gasteiger partial charge is 0.357 e. The molecule has 0 aliphatic rings. The Morgan fingerprint density at radius 1 is 1.28 bits per heavy atom. The molecule has 1 atom stereocenters. The Hall–Kier alpha value is -1.54. The summed E-state index contributed by atoms with van der Waals surface area (Å²) in [4.78, 5) is 7.54. The summed E-state index contributed by atoms with van der Waals surface area (Å²) in [6, 6.07) is 4.74. The second-order valence-electron chi connectivity index (χ2n) is 7.73. The predicted molar refractivity (Wildman–Crippen MR) is 126 cm³/mol. The van der Waals surface area contributed by atoms with Gasteiger partial charge < -0.3 is 15.2 Å². The molecule has 2 aromatic heterocycles. The molecule has 0 fully saturated rings. The Labute approximate surface area is 184 Å². The SMILES string of the molecule is CCNC(=NCCCc1nnc(SC)n1CC(C)C)NC(C)Cc1ccc(C)s1. The quantitative estimate of drug-likeness (QED) is 0.240. The van der Waals surface area contributed by atoms with Gasteiger partial charge in [-0.3, -0.25) is 4.99 Å². The van der Waals surface area contributed by atoms with Crippen molar-refractivity contribution in [2.45, 2.75) is 71.6 Å². The van der Waals surface area contributed by atoms with Gasteiger partial charge in [-0.05, 0) is 51.5 Å². The van der Waals surface area contributed by atoms with E-state index in [4.69, 9.17) is 4.99 Å². The summed E-state index contributed by atoms with van der Waals surface area (Å²) in [6.45, 7) is 13.5. The smallest absolute Gasteiger partial charge is 0.191 e. The molecule has 2 N–H and O–H groups in total. The van der Waals surface area contributed by atoms with E-state index < -0.39 is 0 Å². The Morgan fingerprint density at radius 3 is 2.69 bits per heavy atom. The lowest BCUT2D eigenvalue weighted by atomic mass is 10.2. The van der Waals surface area contributed by atoms with E-state index in [2.05, 4.69) is 78.4 Å². The van der Waals surface area contributed by atoms with Gasteiger partial charge in [-0.1, -0.05) is 25.6 Å². The number of rotatable bonds is 11. The summed E-state index contributed by atoms with van der Waals surface area (Å²) in [5.74, 6) is 2.53. The average Bonchev–Trinajstić information content (AvgIpc) is 3.24. The van der Waals surface area contributed by atoms with E-state index in [0.29, 0.717) is 12.0 Å². The van der Waals surface area contributed by atoms with Gasteiger partial charge in [0.15, 0.2) is 11.1 Å². The third-order valence-electron chi connectivity index (χ3n) is 4.38. The van der Waals surface area contributed by atoms with Crippen LogP contribution in [0.2, 0.25) is 0 Å². The van der Waals surface area contributed by atoms with Crippen molar-refractivity contribution in [3.8, 4) is 0 Å². The number of hydrogen-bond donors (Lipinski definition) is 2. The van der Waals surface area contributed by atoms with Crippen LogP contribution in [0.1, 0.15) is 49.7 Å². The van der Waals surface area contributed by atoms with Gasteiger partial charge >= 0.3 is 0 Å². The lowest BCUT2D eigenvalue weighted by molar-refractivity contribution is 0.477. The average molecular weight is 437 g/mol. The first kappa shape index (κ1) is 23.7. The second kappa shape index (κ2) is 12.2. The third-order valence-corrected chi connectivity index (χ3v) is 6.07. The number of guanidine groups is 1. The van der Waals surface area contributed by atoms with Crippen LogP contribution in [0, 0.1) is 12.8 Å². The van der Waals surface area contributed by atoms with Crippen LogP contribution in [0.25, 0.3) is 0 Å². The second-order valence-corrected chi connectivity index (χ2v) is 9.88. The van der Waals surface area contributed by atoms with E-state index in [1.54, 1.807) is 11.8 Å². The summed E-state index contributed by atoms with van der Waals surface area (Å²) in [7, 11) is 0. The first-order valence-corrected chi connectivity index (χ1v) is 12.5. The van der Waals surface area contributed by atoms with Gasteiger partial charge in [0.25, 0.3) is 0 Å². The highest BCUT2D eigenvalue weighted by molar-refractivity contribution is 7.98. The van der Waals surface area contributed by atoms with Crippen LogP contribution in [0.4, 0.5) is 0 Å². The molecule has 0 radical (unpaired) electrons. The highest BCUT2D eigenvalue weighted by atomic mass is 32.2. The minimum absolute atomic E-state index is 0.337. The van der Waals surface area contributed by atoms with Crippen molar-refractivity contribution in [3.63, 3.8) is 0 Å². The molecule has 2 aromatic rings. The number of hydrogen-bond acceptors (Lipinski definition) is 5. The van der Waals surface area contributed by atoms with Crippen molar-refractivity contribution in [1.29, 1.82) is 0 Å². The first-order valence-electron chi connectivity index (χ1n) is 10.5. The maximum atomic E-state index is 4.77. The standard InChI is InChI=1S/C21H36N6S2/c1-7-22-20(24-16(4)13-18-11-10-17(5)29-18)23-12-8-9-19-25-26-21(28-6)27(19)14-15(2)3/h10-11,15-16H,7-9,12-14H2,1-6H3,(H2,22,23,24). The fraction of sp³-hybridized carbons (Fsp3) is 0.667. The number of nitrogens with one attached hydrogen (secondary N) is 2. The molecule has 2 rings (SSSR count). The normalized spacial score (nSPS) is 13.1. The molecule has 0 aliphatic heterocycles. The summed E-state index contributed by atoms with van der Waals surface area (Å²) in [6.07, 6.45) is 4.92. The van der Waals surface area contributed by atoms with Crippen LogP contribution in [0.15, 0.2) is 22.3 Å². The molecule has 2 heterocycles. The van der Waals surface area contributed by atoms with Crippen molar-refractivity contribution in [3.05, 3.63) is 27.7 Å². The molecule has 0 saturated carbocycles. The number of aromatic nitrogens is 3. The van der Waals surface area contributed by atoms with Crippen molar-refractivity contribution in [1.82, 2.24) is 25.4 Å². The van der Waals surface area contributed by atoms with Crippen LogP contribution in [0.5, 0.6) is 0 Å². The fourth-order valence-electron chi connectivity index (χ4n) is 3.13. The zero-order chi connectivity index (χ0) is 21.2. The van der Waals surface area contributed by atoms with Gasteiger partial charge in [0.05, 0.1) is 0 Å². The van der Waals surface area contributed by atoms with Gasteiger partial charge in [-0.2, -0.15) is 0 Å². The fourth-order valence-corrected chi connectivity index (χ4v) is 4.67. The van der Waals surface area contributed by atoms with Crippen molar-refractivity contribution >= 4 is 29.1 Å². The highest BCUT2D eigenvalue weighted by Gasteiger charge is 2.12. The Kier molecular flexibility index (Phi) is 10.0. The number of aliphatic imine (C=N–C) groups is 1. The minimum atomic E-state index is 0.337. The Balaban J connectivity index is 1.88. The number of aryl methyl sites for hydroxylation is 2. The molecule has 6 nitrogen and oxygen atoms in total. The van der Waals surface area contributed by atoms with E-state index in [9.17, 15) is 0 Å². The highest BCUT2D eigenvalue weighted by Crippen LogP contribution is 2.17. The zero-order valence-corrected chi connectivity index (χ0v) is 20.3. The van der Waals surface area contributed by atoms with Gasteiger partial charge in [-0.15, -0.1) is 21.5 Å². The van der Waals surface area contributed by atoms with Crippen LogP contribution in [-0.4, -0.2) is 46.1 Å². The molecular weight excluding hydrogens is 400 g/mol. The molecule has 8 heteroatoms. The van der Waals surface area contributed by atoms with E-state index >= 15 is 0 Å². The molecule has 1 unspecified atom stereocenters. The van der Waals surface area contributed by atoms with E-state index in [0.717, 1.165) is 55.8 Å². The van der Waals surface area contributed by atoms with Crippen molar-refractivity contribution in [2.75, 3.05) is 19.3 Å². The molecule has 29 heavy (non-hydrogen) atoms. The Morgan fingerprint density at radius 2 is 2.07 bits per heavy atom. The maximum Gasteiger partial charge on any atom is 0.191 e. The zero-order valence-electron chi connectivity index (χ0n) is 18.7. The van der Waals surface area contributed by atoms with Gasteiger partial charge in [0.1, 0.15) is 5.82 Å². The van der Waals surface area contributed by atoms with Gasteiger partial charge in [0, 0.05) is 48.3 Å². The molecule has 0 spiro atoms.